The highest BCUT2D eigenvalue weighted by atomic mass is 32.2. The molecule has 16 heavy (non-hydrogen) atoms. The second-order valence-electron chi connectivity index (χ2n) is 4.21. The molecule has 0 saturated carbocycles. The predicted molar refractivity (Wildman–Crippen MR) is 67.2 cm³/mol. The maximum atomic E-state index is 11.6. The Labute approximate surface area is 99.8 Å². The molecule has 6 heteroatoms. The number of nitrogens with two attached hydrogens (primary N) is 1. The predicted octanol–water partition coefficient (Wildman–Crippen LogP) is 0.723. The molecule has 3 N–H and O–H groups in total. The van der Waals surface area contributed by atoms with Gasteiger partial charge in [-0.1, -0.05) is 0 Å². The van der Waals surface area contributed by atoms with Crippen LogP contribution in [-0.2, 0) is 11.3 Å². The summed E-state index contributed by atoms with van der Waals surface area (Å²) in [7, 11) is 0. The van der Waals surface area contributed by atoms with Crippen LogP contribution in [-0.4, -0.2) is 33.2 Å². The third-order valence-electron chi connectivity index (χ3n) is 2.22. The first kappa shape index (κ1) is 12.9. The molecule has 0 radical (unpaired) electrons. The minimum atomic E-state index is -0.0507. The molecule has 1 amide bonds. The van der Waals surface area contributed by atoms with E-state index in [2.05, 4.69) is 24.3 Å². The molecule has 0 aromatic carbocycles. The van der Waals surface area contributed by atoms with E-state index in [1.54, 1.807) is 18.0 Å². The lowest BCUT2D eigenvalue weighted by Gasteiger charge is -2.22. The highest BCUT2D eigenvalue weighted by Gasteiger charge is 2.16. The third kappa shape index (κ3) is 4.14. The van der Waals surface area contributed by atoms with Gasteiger partial charge in [0.1, 0.15) is 6.54 Å². The number of rotatable bonds is 5. The first-order valence-electron chi connectivity index (χ1n) is 5.03. The summed E-state index contributed by atoms with van der Waals surface area (Å²) in [5.41, 5.74) is 6.07. The van der Waals surface area contributed by atoms with Crippen molar-refractivity contribution in [3.05, 3.63) is 12.4 Å². The van der Waals surface area contributed by atoms with E-state index in [-0.39, 0.29) is 17.2 Å². The minimum Gasteiger partial charge on any atom is -0.396 e. The normalized spacial score (nSPS) is 11.4. The lowest BCUT2D eigenvalue weighted by atomic mass is 10.2. The number of hydrogen-bond acceptors (Lipinski definition) is 4. The zero-order chi connectivity index (χ0) is 12.2. The molecule has 1 aromatic rings. The number of carbonyl (C=O) groups is 1. The number of carbonyl (C=O) groups excluding carboxylic acids is 1. The van der Waals surface area contributed by atoms with Crippen molar-refractivity contribution >= 4 is 23.4 Å². The van der Waals surface area contributed by atoms with Gasteiger partial charge in [0.15, 0.2) is 0 Å². The zero-order valence-electron chi connectivity index (χ0n) is 9.86. The number of hydrogen-bond donors (Lipinski definition) is 2. The smallest absolute Gasteiger partial charge is 0.241 e. The van der Waals surface area contributed by atoms with E-state index in [1.165, 1.54) is 10.9 Å². The van der Waals surface area contributed by atoms with E-state index >= 15 is 0 Å². The molecular weight excluding hydrogens is 224 g/mol. The van der Waals surface area contributed by atoms with Gasteiger partial charge < -0.3 is 11.1 Å². The molecule has 0 saturated heterocycles. The van der Waals surface area contributed by atoms with Gasteiger partial charge in [-0.15, -0.1) is 0 Å². The van der Waals surface area contributed by atoms with Crippen LogP contribution in [0, 0.1) is 0 Å². The summed E-state index contributed by atoms with van der Waals surface area (Å²) in [6, 6.07) is 0. The minimum absolute atomic E-state index is 0.0507. The van der Waals surface area contributed by atoms with Crippen LogP contribution < -0.4 is 11.1 Å². The molecule has 90 valence electrons. The molecule has 0 bridgehead atoms. The second kappa shape index (κ2) is 5.25. The highest BCUT2D eigenvalue weighted by Crippen LogP contribution is 2.19. The zero-order valence-corrected chi connectivity index (χ0v) is 10.7. The van der Waals surface area contributed by atoms with Crippen molar-refractivity contribution in [2.45, 2.75) is 25.1 Å². The summed E-state index contributed by atoms with van der Waals surface area (Å²) >= 11 is 1.72. The largest absolute Gasteiger partial charge is 0.396 e. The van der Waals surface area contributed by atoms with Crippen LogP contribution >= 0.6 is 11.8 Å². The van der Waals surface area contributed by atoms with E-state index in [1.807, 2.05) is 6.26 Å². The van der Waals surface area contributed by atoms with Crippen LogP contribution in [0.1, 0.15) is 13.8 Å². The van der Waals surface area contributed by atoms with Crippen molar-refractivity contribution in [3.63, 3.8) is 0 Å². The molecule has 0 fully saturated rings. The average Bonchev–Trinajstić information content (AvgIpc) is 2.61. The molecule has 0 aliphatic rings. The Hall–Kier alpha value is -1.17. The van der Waals surface area contributed by atoms with Gasteiger partial charge in [0, 0.05) is 17.5 Å². The van der Waals surface area contributed by atoms with Crippen LogP contribution in [0.4, 0.5) is 5.69 Å². The lowest BCUT2D eigenvalue weighted by molar-refractivity contribution is -0.121. The number of anilines is 1. The van der Waals surface area contributed by atoms with Crippen molar-refractivity contribution in [1.29, 1.82) is 0 Å². The van der Waals surface area contributed by atoms with Gasteiger partial charge in [-0.2, -0.15) is 16.9 Å². The summed E-state index contributed by atoms with van der Waals surface area (Å²) in [5, 5.41) is 6.82. The fraction of sp³-hybridized carbons (Fsp3) is 0.600. The van der Waals surface area contributed by atoms with E-state index < -0.39 is 0 Å². The molecule has 0 aliphatic heterocycles. The Bertz CT molecular complexity index is 361. The SMILES string of the molecule is CSC(C)(C)CNC(=O)Cn1cc(N)cn1. The van der Waals surface area contributed by atoms with E-state index in [0.717, 1.165) is 0 Å². The van der Waals surface area contributed by atoms with Crippen molar-refractivity contribution in [2.24, 2.45) is 0 Å². The standard InChI is InChI=1S/C10H18N4OS/c1-10(2,16-3)7-12-9(15)6-14-5-8(11)4-13-14/h4-5H,6-7,11H2,1-3H3,(H,12,15). The van der Waals surface area contributed by atoms with E-state index in [9.17, 15) is 4.79 Å². The summed E-state index contributed by atoms with van der Waals surface area (Å²) in [6.07, 6.45) is 5.19. The van der Waals surface area contributed by atoms with Crippen LogP contribution in [0.25, 0.3) is 0 Å². The maximum absolute atomic E-state index is 11.6. The molecule has 1 heterocycles. The van der Waals surface area contributed by atoms with Crippen LogP contribution in [0.15, 0.2) is 12.4 Å². The monoisotopic (exact) mass is 242 g/mol. The molecule has 0 aliphatic carbocycles. The Kier molecular flexibility index (Phi) is 4.23. The van der Waals surface area contributed by atoms with Crippen molar-refractivity contribution < 1.29 is 4.79 Å². The number of thioether (sulfide) groups is 1. The van der Waals surface area contributed by atoms with Gasteiger partial charge >= 0.3 is 0 Å². The van der Waals surface area contributed by atoms with Crippen LogP contribution in [0.3, 0.4) is 0 Å². The molecular formula is C10H18N4OS. The van der Waals surface area contributed by atoms with E-state index in [0.29, 0.717) is 12.2 Å². The fourth-order valence-electron chi connectivity index (χ4n) is 1.05. The van der Waals surface area contributed by atoms with Gasteiger partial charge in [0.2, 0.25) is 5.91 Å². The Morgan fingerprint density at radius 2 is 2.38 bits per heavy atom. The van der Waals surface area contributed by atoms with Gasteiger partial charge in [0.05, 0.1) is 11.9 Å². The first-order chi connectivity index (χ1) is 7.43. The molecule has 1 rings (SSSR count). The number of amides is 1. The number of nitrogens with one attached hydrogen (secondary N) is 1. The van der Waals surface area contributed by atoms with Crippen molar-refractivity contribution in [3.8, 4) is 0 Å². The topological polar surface area (TPSA) is 72.9 Å². The Morgan fingerprint density at radius 3 is 2.88 bits per heavy atom. The quantitative estimate of drug-likeness (QED) is 0.798. The molecule has 0 atom stereocenters. The van der Waals surface area contributed by atoms with Gasteiger partial charge in [0.25, 0.3) is 0 Å². The number of nitrogen functional groups attached to an aromatic ring is 1. The molecule has 1 aromatic heterocycles. The van der Waals surface area contributed by atoms with Crippen LogP contribution in [0.2, 0.25) is 0 Å². The van der Waals surface area contributed by atoms with Crippen LogP contribution in [0.5, 0.6) is 0 Å². The lowest BCUT2D eigenvalue weighted by Crippen LogP contribution is -2.37. The number of aromatic nitrogens is 2. The van der Waals surface area contributed by atoms with Crippen molar-refractivity contribution in [2.75, 3.05) is 18.5 Å². The van der Waals surface area contributed by atoms with Crippen molar-refractivity contribution in [1.82, 2.24) is 15.1 Å². The first-order valence-corrected chi connectivity index (χ1v) is 6.25. The maximum Gasteiger partial charge on any atom is 0.241 e. The summed E-state index contributed by atoms with van der Waals surface area (Å²) in [6.45, 7) is 5.03. The summed E-state index contributed by atoms with van der Waals surface area (Å²) < 4.78 is 1.58. The summed E-state index contributed by atoms with van der Waals surface area (Å²) in [5.74, 6) is -0.0507. The van der Waals surface area contributed by atoms with Gasteiger partial charge in [-0.05, 0) is 20.1 Å². The third-order valence-corrected chi connectivity index (χ3v) is 3.47. The highest BCUT2D eigenvalue weighted by molar-refractivity contribution is 7.99. The Balaban J connectivity index is 2.37. The summed E-state index contributed by atoms with van der Waals surface area (Å²) in [4.78, 5) is 11.6. The molecule has 5 nitrogen and oxygen atoms in total. The van der Waals surface area contributed by atoms with Gasteiger partial charge in [-0.25, -0.2) is 0 Å². The number of nitrogens with zero attached hydrogens (tertiary/aromatic N) is 2. The average molecular weight is 242 g/mol. The Morgan fingerprint density at radius 1 is 1.69 bits per heavy atom. The van der Waals surface area contributed by atoms with Gasteiger partial charge in [-0.3, -0.25) is 9.48 Å². The fourth-order valence-corrected chi connectivity index (χ4v) is 1.27. The second-order valence-corrected chi connectivity index (χ2v) is 5.73. The van der Waals surface area contributed by atoms with E-state index in [4.69, 9.17) is 5.73 Å². The molecule has 0 unspecified atom stereocenters. The molecule has 0 spiro atoms.